The predicted octanol–water partition coefficient (Wildman–Crippen LogP) is 3.80. The highest BCUT2D eigenvalue weighted by Gasteiger charge is 2.06. The Morgan fingerprint density at radius 2 is 2.13 bits per heavy atom. The normalized spacial score (nSPS) is 12.9. The van der Waals surface area contributed by atoms with Crippen molar-refractivity contribution in [2.75, 3.05) is 11.9 Å². The first-order valence-electron chi connectivity index (χ1n) is 5.07. The van der Waals surface area contributed by atoms with Gasteiger partial charge in [-0.15, -0.1) is 11.6 Å². The molecule has 0 aliphatic heterocycles. The highest BCUT2D eigenvalue weighted by molar-refractivity contribution is 6.30. The molecule has 0 aliphatic rings. The SMILES string of the molecule is CC(C)CC(Cl)CNc1ccc(Cl)cn1. The number of alkyl halides is 1. The van der Waals surface area contributed by atoms with Crippen LogP contribution in [0.3, 0.4) is 0 Å². The Morgan fingerprint density at radius 1 is 1.40 bits per heavy atom. The molecular formula is C11H16Cl2N2. The first-order chi connectivity index (χ1) is 7.08. The van der Waals surface area contributed by atoms with Gasteiger partial charge in [-0.05, 0) is 24.5 Å². The summed E-state index contributed by atoms with van der Waals surface area (Å²) in [6.07, 6.45) is 2.62. The maximum atomic E-state index is 6.14. The first kappa shape index (κ1) is 12.6. The van der Waals surface area contributed by atoms with Crippen LogP contribution in [-0.4, -0.2) is 16.9 Å². The van der Waals surface area contributed by atoms with Gasteiger partial charge in [0.1, 0.15) is 5.82 Å². The topological polar surface area (TPSA) is 24.9 Å². The number of aromatic nitrogens is 1. The molecule has 0 aromatic carbocycles. The predicted molar refractivity (Wildman–Crippen MR) is 66.8 cm³/mol. The third-order valence-corrected chi connectivity index (χ3v) is 2.52. The molecule has 15 heavy (non-hydrogen) atoms. The lowest BCUT2D eigenvalue weighted by Gasteiger charge is -2.13. The van der Waals surface area contributed by atoms with Gasteiger partial charge in [-0.1, -0.05) is 25.4 Å². The molecule has 4 heteroatoms. The van der Waals surface area contributed by atoms with E-state index >= 15 is 0 Å². The Morgan fingerprint density at radius 3 is 2.67 bits per heavy atom. The summed E-state index contributed by atoms with van der Waals surface area (Å²) in [5, 5.41) is 3.96. The van der Waals surface area contributed by atoms with Crippen molar-refractivity contribution >= 4 is 29.0 Å². The highest BCUT2D eigenvalue weighted by atomic mass is 35.5. The zero-order valence-electron chi connectivity index (χ0n) is 9.00. The van der Waals surface area contributed by atoms with Crippen molar-refractivity contribution in [3.63, 3.8) is 0 Å². The van der Waals surface area contributed by atoms with Crippen molar-refractivity contribution in [2.45, 2.75) is 25.6 Å². The molecule has 2 nitrogen and oxygen atoms in total. The van der Waals surface area contributed by atoms with E-state index in [1.807, 2.05) is 12.1 Å². The second-order valence-corrected chi connectivity index (χ2v) is 5.02. The summed E-state index contributed by atoms with van der Waals surface area (Å²) in [6, 6.07) is 3.66. The van der Waals surface area contributed by atoms with Crippen molar-refractivity contribution in [3.8, 4) is 0 Å². The molecular weight excluding hydrogens is 231 g/mol. The number of hydrogen-bond donors (Lipinski definition) is 1. The number of halogens is 2. The smallest absolute Gasteiger partial charge is 0.126 e. The summed E-state index contributed by atoms with van der Waals surface area (Å²) in [7, 11) is 0. The van der Waals surface area contributed by atoms with E-state index < -0.39 is 0 Å². The lowest BCUT2D eigenvalue weighted by Crippen LogP contribution is -2.16. The first-order valence-corrected chi connectivity index (χ1v) is 5.89. The Bertz CT molecular complexity index is 285. The van der Waals surface area contributed by atoms with E-state index in [1.165, 1.54) is 0 Å². The van der Waals surface area contributed by atoms with E-state index in [1.54, 1.807) is 6.20 Å². The van der Waals surface area contributed by atoms with Crippen molar-refractivity contribution < 1.29 is 0 Å². The van der Waals surface area contributed by atoms with E-state index in [4.69, 9.17) is 23.2 Å². The van der Waals surface area contributed by atoms with Gasteiger partial charge in [0, 0.05) is 12.7 Å². The molecule has 0 bridgehead atoms. The summed E-state index contributed by atoms with van der Waals surface area (Å²) in [5.74, 6) is 1.43. The minimum atomic E-state index is 0.141. The second kappa shape index (κ2) is 6.19. The molecule has 0 radical (unpaired) electrons. The fourth-order valence-electron chi connectivity index (χ4n) is 1.29. The third kappa shape index (κ3) is 5.24. The highest BCUT2D eigenvalue weighted by Crippen LogP contribution is 2.13. The van der Waals surface area contributed by atoms with Crippen molar-refractivity contribution in [1.82, 2.24) is 4.98 Å². The minimum Gasteiger partial charge on any atom is -0.369 e. The summed E-state index contributed by atoms with van der Waals surface area (Å²) < 4.78 is 0. The van der Waals surface area contributed by atoms with Crippen LogP contribution < -0.4 is 5.32 Å². The number of nitrogens with zero attached hydrogens (tertiary/aromatic N) is 1. The summed E-state index contributed by atoms with van der Waals surface area (Å²) in [4.78, 5) is 4.13. The zero-order chi connectivity index (χ0) is 11.3. The van der Waals surface area contributed by atoms with Gasteiger partial charge in [-0.2, -0.15) is 0 Å². The quantitative estimate of drug-likeness (QED) is 0.800. The molecule has 1 unspecified atom stereocenters. The van der Waals surface area contributed by atoms with Crippen LogP contribution in [0.4, 0.5) is 5.82 Å². The van der Waals surface area contributed by atoms with E-state index in [2.05, 4.69) is 24.1 Å². The fourth-order valence-corrected chi connectivity index (χ4v) is 1.84. The number of rotatable bonds is 5. The molecule has 1 aromatic heterocycles. The van der Waals surface area contributed by atoms with Gasteiger partial charge in [0.15, 0.2) is 0 Å². The molecule has 0 saturated carbocycles. The molecule has 0 amide bonds. The van der Waals surface area contributed by atoms with Crippen LogP contribution in [0.1, 0.15) is 20.3 Å². The molecule has 1 aromatic rings. The Balaban J connectivity index is 2.33. The maximum absolute atomic E-state index is 6.14. The number of anilines is 1. The molecule has 84 valence electrons. The van der Waals surface area contributed by atoms with E-state index in [-0.39, 0.29) is 5.38 Å². The van der Waals surface area contributed by atoms with Crippen LogP contribution in [0.2, 0.25) is 5.02 Å². The van der Waals surface area contributed by atoms with Gasteiger partial charge >= 0.3 is 0 Å². The Labute approximate surface area is 101 Å². The molecule has 1 heterocycles. The van der Waals surface area contributed by atoms with Crippen LogP contribution >= 0.6 is 23.2 Å². The van der Waals surface area contributed by atoms with Crippen molar-refractivity contribution in [1.29, 1.82) is 0 Å². The zero-order valence-corrected chi connectivity index (χ0v) is 10.5. The maximum Gasteiger partial charge on any atom is 0.126 e. The molecule has 1 N–H and O–H groups in total. The summed E-state index contributed by atoms with van der Waals surface area (Å²) in [5.41, 5.74) is 0. The fraction of sp³-hybridized carbons (Fsp3) is 0.545. The Hall–Kier alpha value is -0.470. The molecule has 0 fully saturated rings. The van der Waals surface area contributed by atoms with E-state index in [9.17, 15) is 0 Å². The van der Waals surface area contributed by atoms with Crippen molar-refractivity contribution in [2.24, 2.45) is 5.92 Å². The van der Waals surface area contributed by atoms with Gasteiger partial charge in [-0.25, -0.2) is 4.98 Å². The number of pyridine rings is 1. The largest absolute Gasteiger partial charge is 0.369 e. The molecule has 1 rings (SSSR count). The summed E-state index contributed by atoms with van der Waals surface area (Å²) in [6.45, 7) is 5.06. The van der Waals surface area contributed by atoms with Gasteiger partial charge in [0.2, 0.25) is 0 Å². The lowest BCUT2D eigenvalue weighted by molar-refractivity contribution is 0.572. The van der Waals surface area contributed by atoms with Crippen LogP contribution in [0.25, 0.3) is 0 Å². The molecule has 0 spiro atoms. The van der Waals surface area contributed by atoms with Gasteiger partial charge in [0.25, 0.3) is 0 Å². The monoisotopic (exact) mass is 246 g/mol. The van der Waals surface area contributed by atoms with Crippen LogP contribution in [0.15, 0.2) is 18.3 Å². The Kier molecular flexibility index (Phi) is 5.20. The molecule has 1 atom stereocenters. The van der Waals surface area contributed by atoms with Crippen molar-refractivity contribution in [3.05, 3.63) is 23.4 Å². The second-order valence-electron chi connectivity index (χ2n) is 3.97. The number of nitrogens with one attached hydrogen (secondary N) is 1. The van der Waals surface area contributed by atoms with Crippen LogP contribution in [-0.2, 0) is 0 Å². The third-order valence-electron chi connectivity index (χ3n) is 1.96. The molecule has 0 saturated heterocycles. The minimum absolute atomic E-state index is 0.141. The standard InChI is InChI=1S/C11H16Cl2N2/c1-8(2)5-10(13)7-15-11-4-3-9(12)6-14-11/h3-4,6,8,10H,5,7H2,1-2H3,(H,14,15). The average Bonchev–Trinajstić information content (AvgIpc) is 2.16. The molecule has 0 aliphatic carbocycles. The van der Waals surface area contributed by atoms with Gasteiger partial charge in [0.05, 0.1) is 10.4 Å². The van der Waals surface area contributed by atoms with Crippen LogP contribution in [0.5, 0.6) is 0 Å². The number of hydrogen-bond acceptors (Lipinski definition) is 2. The van der Waals surface area contributed by atoms with Gasteiger partial charge in [-0.3, -0.25) is 0 Å². The summed E-state index contributed by atoms with van der Waals surface area (Å²) >= 11 is 11.9. The lowest BCUT2D eigenvalue weighted by atomic mass is 10.1. The van der Waals surface area contributed by atoms with Crippen LogP contribution in [0, 0.1) is 5.92 Å². The van der Waals surface area contributed by atoms with E-state index in [0.717, 1.165) is 18.8 Å². The van der Waals surface area contributed by atoms with Gasteiger partial charge < -0.3 is 5.32 Å². The average molecular weight is 247 g/mol. The van der Waals surface area contributed by atoms with E-state index in [0.29, 0.717) is 10.9 Å².